The smallest absolute Gasteiger partial charge is 0.174 e. The van der Waals surface area contributed by atoms with E-state index >= 15 is 0 Å². The summed E-state index contributed by atoms with van der Waals surface area (Å²) in [6, 6.07) is 0. The topological polar surface area (TPSA) is 0 Å². The highest BCUT2D eigenvalue weighted by atomic mass is 35.5. The van der Waals surface area contributed by atoms with Gasteiger partial charge in [0.2, 0.25) is 0 Å². The fourth-order valence-electron chi connectivity index (χ4n) is 0. The van der Waals surface area contributed by atoms with Crippen molar-refractivity contribution in [3.63, 3.8) is 0 Å². The Bertz CT molecular complexity index is 92.3. The van der Waals surface area contributed by atoms with E-state index in [0.29, 0.717) is 0 Å². The van der Waals surface area contributed by atoms with E-state index in [1.54, 1.807) is 0 Å². The standard InChI is InChI=1S/C2H2ClF3.C2H2F2/c3-1-2(4,5)6;1-2(3)4/h1H2;1H2. The Balaban J connectivity index is 0. The van der Waals surface area contributed by atoms with Crippen LogP contribution in [0.15, 0.2) is 12.7 Å². The van der Waals surface area contributed by atoms with Crippen molar-refractivity contribution in [2.75, 3.05) is 5.88 Å². The maximum absolute atomic E-state index is 10.7. The van der Waals surface area contributed by atoms with Crippen molar-refractivity contribution >= 4 is 11.6 Å². The van der Waals surface area contributed by atoms with E-state index < -0.39 is 18.1 Å². The van der Waals surface area contributed by atoms with Gasteiger partial charge in [-0.1, -0.05) is 0 Å². The summed E-state index contributed by atoms with van der Waals surface area (Å²) in [7, 11) is 0. The third kappa shape index (κ3) is 47.7. The van der Waals surface area contributed by atoms with Crippen molar-refractivity contribution in [1.82, 2.24) is 0 Å². The lowest BCUT2D eigenvalue weighted by Crippen LogP contribution is -2.07. The Labute approximate surface area is 59.3 Å². The van der Waals surface area contributed by atoms with Gasteiger partial charge in [-0.05, 0) is 6.58 Å². The largest absolute Gasteiger partial charge is 0.402 e. The van der Waals surface area contributed by atoms with Crippen LogP contribution < -0.4 is 0 Å². The van der Waals surface area contributed by atoms with Crippen molar-refractivity contribution in [3.05, 3.63) is 12.7 Å². The van der Waals surface area contributed by atoms with Gasteiger partial charge in [0.25, 0.3) is 6.08 Å². The van der Waals surface area contributed by atoms with Gasteiger partial charge >= 0.3 is 6.18 Å². The van der Waals surface area contributed by atoms with Crippen LogP contribution >= 0.6 is 11.6 Å². The van der Waals surface area contributed by atoms with Gasteiger partial charge in [-0.2, -0.15) is 22.0 Å². The predicted molar refractivity (Wildman–Crippen MR) is 28.1 cm³/mol. The molecule has 10 heavy (non-hydrogen) atoms. The predicted octanol–water partition coefficient (Wildman–Crippen LogP) is 3.18. The fourth-order valence-corrected chi connectivity index (χ4v) is 0. The molecule has 0 aliphatic rings. The molecular formula is C4H4ClF5. The fraction of sp³-hybridized carbons (Fsp3) is 0.500. The monoisotopic (exact) mass is 182 g/mol. The first-order valence-corrected chi connectivity index (χ1v) is 2.45. The molecule has 0 heterocycles. The summed E-state index contributed by atoms with van der Waals surface area (Å²) < 4.78 is 52.2. The van der Waals surface area contributed by atoms with Crippen molar-refractivity contribution in [1.29, 1.82) is 0 Å². The second-order valence-corrected chi connectivity index (χ2v) is 1.35. The van der Waals surface area contributed by atoms with E-state index in [4.69, 9.17) is 0 Å². The maximum Gasteiger partial charge on any atom is 0.402 e. The average molecular weight is 183 g/mol. The first-order valence-electron chi connectivity index (χ1n) is 1.92. The molecule has 0 bridgehead atoms. The van der Waals surface area contributed by atoms with Crippen molar-refractivity contribution in [2.45, 2.75) is 6.18 Å². The molecule has 0 aliphatic heterocycles. The van der Waals surface area contributed by atoms with Gasteiger partial charge < -0.3 is 0 Å². The molecule has 0 fully saturated rings. The molecule has 0 aromatic rings. The van der Waals surface area contributed by atoms with Gasteiger partial charge in [0.1, 0.15) is 5.88 Å². The second-order valence-electron chi connectivity index (χ2n) is 1.09. The van der Waals surface area contributed by atoms with Crippen molar-refractivity contribution in [3.8, 4) is 0 Å². The number of hydrogen-bond acceptors (Lipinski definition) is 0. The normalized spacial score (nSPS) is 9.80. The van der Waals surface area contributed by atoms with E-state index in [-0.39, 0.29) is 0 Å². The molecule has 0 rings (SSSR count). The van der Waals surface area contributed by atoms with Crippen molar-refractivity contribution < 1.29 is 22.0 Å². The molecule has 0 saturated heterocycles. The van der Waals surface area contributed by atoms with Crippen LogP contribution in [0.2, 0.25) is 0 Å². The Hall–Kier alpha value is -0.320. The Kier molecular flexibility index (Phi) is 6.76. The summed E-state index contributed by atoms with van der Waals surface area (Å²) in [4.78, 5) is 0. The molecule has 0 radical (unpaired) electrons. The van der Waals surface area contributed by atoms with E-state index in [2.05, 4.69) is 18.2 Å². The van der Waals surface area contributed by atoms with Crippen LogP contribution in [-0.2, 0) is 0 Å². The summed E-state index contributed by atoms with van der Waals surface area (Å²) in [6.07, 6.45) is -6.03. The van der Waals surface area contributed by atoms with E-state index in [1.165, 1.54) is 0 Å². The number of hydrogen-bond donors (Lipinski definition) is 0. The average Bonchev–Trinajstić information content (AvgIpc) is 1.63. The minimum absolute atomic E-state index is 1.26. The lowest BCUT2D eigenvalue weighted by Gasteiger charge is -1.94. The molecule has 6 heteroatoms. The summed E-state index contributed by atoms with van der Waals surface area (Å²) in [6.45, 7) is 2.22. The lowest BCUT2D eigenvalue weighted by molar-refractivity contribution is -0.106. The van der Waals surface area contributed by atoms with Crippen LogP contribution in [0.4, 0.5) is 22.0 Å². The van der Waals surface area contributed by atoms with Gasteiger partial charge in [-0.25, -0.2) is 0 Å². The number of alkyl halides is 4. The highest BCUT2D eigenvalue weighted by Crippen LogP contribution is 2.14. The van der Waals surface area contributed by atoms with E-state index in [0.717, 1.165) is 0 Å². The van der Waals surface area contributed by atoms with E-state index in [1.807, 2.05) is 0 Å². The van der Waals surface area contributed by atoms with Crippen LogP contribution in [-0.4, -0.2) is 12.1 Å². The first kappa shape index (κ1) is 12.4. The van der Waals surface area contributed by atoms with Crippen LogP contribution in [0.25, 0.3) is 0 Å². The van der Waals surface area contributed by atoms with Gasteiger partial charge in [-0.15, -0.1) is 11.6 Å². The summed E-state index contributed by atoms with van der Waals surface area (Å²) in [5.74, 6) is -1.26. The Morgan fingerprint density at radius 1 is 1.30 bits per heavy atom. The maximum atomic E-state index is 10.7. The van der Waals surface area contributed by atoms with Crippen molar-refractivity contribution in [2.24, 2.45) is 0 Å². The van der Waals surface area contributed by atoms with Gasteiger partial charge in [0.15, 0.2) is 0 Å². The zero-order chi connectivity index (χ0) is 8.78. The quantitative estimate of drug-likeness (QED) is 0.399. The molecule has 0 N–H and O–H groups in total. The molecule has 0 spiro atoms. The number of halogens is 6. The molecule has 0 aromatic carbocycles. The molecule has 0 nitrogen and oxygen atoms in total. The second kappa shape index (κ2) is 5.46. The van der Waals surface area contributed by atoms with Crippen LogP contribution in [0.5, 0.6) is 0 Å². The summed E-state index contributed by atoms with van der Waals surface area (Å²) in [5.41, 5.74) is 0. The van der Waals surface area contributed by atoms with Gasteiger partial charge in [0.05, 0.1) is 0 Å². The molecule has 0 unspecified atom stereocenters. The molecule has 0 aromatic heterocycles. The molecule has 0 aliphatic carbocycles. The minimum atomic E-state index is -4.19. The molecule has 0 amide bonds. The highest BCUT2D eigenvalue weighted by molar-refractivity contribution is 6.18. The molecule has 0 saturated carbocycles. The minimum Gasteiger partial charge on any atom is -0.174 e. The zero-order valence-electron chi connectivity index (χ0n) is 4.68. The Morgan fingerprint density at radius 2 is 1.40 bits per heavy atom. The van der Waals surface area contributed by atoms with Crippen LogP contribution in [0.1, 0.15) is 0 Å². The Morgan fingerprint density at radius 3 is 1.40 bits per heavy atom. The van der Waals surface area contributed by atoms with E-state index in [9.17, 15) is 22.0 Å². The third-order valence-corrected chi connectivity index (χ3v) is 0.455. The third-order valence-electron chi connectivity index (χ3n) is 0.152. The van der Waals surface area contributed by atoms with Gasteiger partial charge in [0, 0.05) is 0 Å². The van der Waals surface area contributed by atoms with Gasteiger partial charge in [-0.3, -0.25) is 0 Å². The van der Waals surface area contributed by atoms with Crippen LogP contribution in [0.3, 0.4) is 0 Å². The van der Waals surface area contributed by atoms with Crippen LogP contribution in [0, 0.1) is 0 Å². The summed E-state index contributed by atoms with van der Waals surface area (Å²) >= 11 is 4.35. The molecule has 62 valence electrons. The highest BCUT2D eigenvalue weighted by Gasteiger charge is 2.24. The SMILES string of the molecule is C=C(F)F.FC(F)(F)CCl. The first-order chi connectivity index (χ1) is 4.29. The zero-order valence-corrected chi connectivity index (χ0v) is 5.44. The summed E-state index contributed by atoms with van der Waals surface area (Å²) in [5, 5.41) is 0. The molecular weight excluding hydrogens is 178 g/mol. The number of rotatable bonds is 0. The molecule has 0 atom stereocenters. The lowest BCUT2D eigenvalue weighted by atomic mass is 10.8.